The van der Waals surface area contributed by atoms with Crippen LogP contribution in [0.3, 0.4) is 0 Å². The van der Waals surface area contributed by atoms with E-state index in [1.54, 1.807) is 6.20 Å². The van der Waals surface area contributed by atoms with Crippen LogP contribution in [0.15, 0.2) is 79.0 Å². The second-order valence-corrected chi connectivity index (χ2v) is 6.19. The summed E-state index contributed by atoms with van der Waals surface area (Å²) in [7, 11) is 0. The Morgan fingerprint density at radius 2 is 1.57 bits per heavy atom. The molecular weight excluding hydrogens is 306 g/mol. The summed E-state index contributed by atoms with van der Waals surface area (Å²) in [5.74, 6) is -0.289. The Morgan fingerprint density at radius 1 is 0.913 bits per heavy atom. The van der Waals surface area contributed by atoms with Crippen molar-refractivity contribution in [2.75, 3.05) is 0 Å². The van der Waals surface area contributed by atoms with Crippen molar-refractivity contribution < 1.29 is 5.11 Å². The normalized spacial score (nSPS) is 14.9. The first-order chi connectivity index (χ1) is 11.1. The van der Waals surface area contributed by atoms with Gasteiger partial charge in [0.1, 0.15) is 0 Å². The number of benzene rings is 2. The molecule has 0 aliphatic heterocycles. The van der Waals surface area contributed by atoms with E-state index in [2.05, 4.69) is 4.98 Å². The standard InChI is InChI=1S/C20H18ClNO/c1-20(23,16-7-3-2-4-8-16)19(18-9-5-6-14-22-18)15-10-12-17(21)13-11-15/h2-14,19,23H,1H3/t19-,20-/m1/s1. The fourth-order valence-corrected chi connectivity index (χ4v) is 3.05. The highest BCUT2D eigenvalue weighted by molar-refractivity contribution is 6.30. The second-order valence-electron chi connectivity index (χ2n) is 5.75. The van der Waals surface area contributed by atoms with Gasteiger partial charge in [0.05, 0.1) is 17.2 Å². The summed E-state index contributed by atoms with van der Waals surface area (Å²) in [6.45, 7) is 1.83. The molecule has 1 heterocycles. The van der Waals surface area contributed by atoms with Gasteiger partial charge in [-0.3, -0.25) is 4.98 Å². The topological polar surface area (TPSA) is 33.1 Å². The van der Waals surface area contributed by atoms with Crippen LogP contribution in [0.2, 0.25) is 5.02 Å². The maximum absolute atomic E-state index is 11.3. The van der Waals surface area contributed by atoms with Gasteiger partial charge >= 0.3 is 0 Å². The fraction of sp³-hybridized carbons (Fsp3) is 0.150. The molecule has 23 heavy (non-hydrogen) atoms. The van der Waals surface area contributed by atoms with Crippen molar-refractivity contribution in [2.45, 2.75) is 18.4 Å². The van der Waals surface area contributed by atoms with Crippen LogP contribution in [0, 0.1) is 0 Å². The molecule has 0 aliphatic carbocycles. The first-order valence-corrected chi connectivity index (χ1v) is 7.91. The molecule has 2 atom stereocenters. The summed E-state index contributed by atoms with van der Waals surface area (Å²) in [6, 6.07) is 23.0. The molecule has 0 aliphatic rings. The zero-order valence-corrected chi connectivity index (χ0v) is 13.6. The Labute approximate surface area is 141 Å². The van der Waals surface area contributed by atoms with Crippen LogP contribution in [0.4, 0.5) is 0 Å². The van der Waals surface area contributed by atoms with Crippen molar-refractivity contribution in [1.82, 2.24) is 4.98 Å². The summed E-state index contributed by atoms with van der Waals surface area (Å²) < 4.78 is 0. The van der Waals surface area contributed by atoms with E-state index in [9.17, 15) is 5.11 Å². The van der Waals surface area contributed by atoms with Gasteiger partial charge in [-0.2, -0.15) is 0 Å². The lowest BCUT2D eigenvalue weighted by Gasteiger charge is -2.33. The average Bonchev–Trinajstić information content (AvgIpc) is 2.58. The lowest BCUT2D eigenvalue weighted by Crippen LogP contribution is -2.31. The summed E-state index contributed by atoms with van der Waals surface area (Å²) in [5, 5.41) is 12.0. The summed E-state index contributed by atoms with van der Waals surface area (Å²) in [5.41, 5.74) is 1.56. The Balaban J connectivity index is 2.14. The predicted molar refractivity (Wildman–Crippen MR) is 93.5 cm³/mol. The van der Waals surface area contributed by atoms with E-state index in [0.29, 0.717) is 5.02 Å². The van der Waals surface area contributed by atoms with E-state index in [-0.39, 0.29) is 5.92 Å². The third-order valence-electron chi connectivity index (χ3n) is 4.11. The van der Waals surface area contributed by atoms with Crippen LogP contribution in [0.25, 0.3) is 0 Å². The molecule has 0 saturated heterocycles. The highest BCUT2D eigenvalue weighted by Gasteiger charge is 2.36. The zero-order chi connectivity index (χ0) is 16.3. The first kappa shape index (κ1) is 15.7. The van der Waals surface area contributed by atoms with Crippen LogP contribution in [0.5, 0.6) is 0 Å². The molecule has 0 radical (unpaired) electrons. The van der Waals surface area contributed by atoms with Gasteiger partial charge in [0, 0.05) is 11.2 Å². The Hall–Kier alpha value is -2.16. The molecule has 2 nitrogen and oxygen atoms in total. The van der Waals surface area contributed by atoms with Crippen molar-refractivity contribution >= 4 is 11.6 Å². The van der Waals surface area contributed by atoms with Gasteiger partial charge in [-0.1, -0.05) is 60.1 Å². The third-order valence-corrected chi connectivity index (χ3v) is 4.36. The predicted octanol–water partition coefficient (Wildman–Crippen LogP) is 4.77. The molecule has 1 N–H and O–H groups in total. The Morgan fingerprint density at radius 3 is 2.17 bits per heavy atom. The third kappa shape index (κ3) is 3.29. The maximum Gasteiger partial charge on any atom is 0.0992 e. The van der Waals surface area contributed by atoms with Crippen molar-refractivity contribution in [2.24, 2.45) is 0 Å². The van der Waals surface area contributed by atoms with Crippen LogP contribution < -0.4 is 0 Å². The molecule has 0 amide bonds. The van der Waals surface area contributed by atoms with Crippen molar-refractivity contribution in [3.8, 4) is 0 Å². The highest BCUT2D eigenvalue weighted by Crippen LogP contribution is 2.40. The van der Waals surface area contributed by atoms with Crippen LogP contribution in [-0.2, 0) is 5.60 Å². The van der Waals surface area contributed by atoms with Gasteiger partial charge in [0.15, 0.2) is 0 Å². The molecule has 0 fully saturated rings. The summed E-state index contributed by atoms with van der Waals surface area (Å²) in [4.78, 5) is 4.48. The Bertz CT molecular complexity index is 755. The number of nitrogens with zero attached hydrogens (tertiary/aromatic N) is 1. The number of hydrogen-bond acceptors (Lipinski definition) is 2. The molecule has 0 spiro atoms. The smallest absolute Gasteiger partial charge is 0.0992 e. The highest BCUT2D eigenvalue weighted by atomic mass is 35.5. The van der Waals surface area contributed by atoms with E-state index in [0.717, 1.165) is 16.8 Å². The molecule has 3 aromatic rings. The van der Waals surface area contributed by atoms with Gasteiger partial charge in [-0.15, -0.1) is 0 Å². The van der Waals surface area contributed by atoms with E-state index in [4.69, 9.17) is 11.6 Å². The molecule has 0 saturated carbocycles. The van der Waals surface area contributed by atoms with Gasteiger partial charge in [0.25, 0.3) is 0 Å². The number of halogens is 1. The van der Waals surface area contributed by atoms with Crippen molar-refractivity contribution in [3.63, 3.8) is 0 Å². The minimum Gasteiger partial charge on any atom is -0.384 e. The van der Waals surface area contributed by atoms with Crippen molar-refractivity contribution in [3.05, 3.63) is 101 Å². The monoisotopic (exact) mass is 323 g/mol. The van der Waals surface area contributed by atoms with Gasteiger partial charge in [-0.25, -0.2) is 0 Å². The van der Waals surface area contributed by atoms with E-state index in [1.165, 1.54) is 0 Å². The quantitative estimate of drug-likeness (QED) is 0.750. The van der Waals surface area contributed by atoms with Crippen LogP contribution >= 0.6 is 11.6 Å². The number of aromatic nitrogens is 1. The lowest BCUT2D eigenvalue weighted by molar-refractivity contribution is 0.0380. The van der Waals surface area contributed by atoms with E-state index in [1.807, 2.05) is 79.7 Å². The molecule has 0 unspecified atom stereocenters. The lowest BCUT2D eigenvalue weighted by atomic mass is 9.76. The molecule has 2 aromatic carbocycles. The zero-order valence-electron chi connectivity index (χ0n) is 12.9. The van der Waals surface area contributed by atoms with Gasteiger partial charge in [-0.05, 0) is 42.3 Å². The number of aliphatic hydroxyl groups is 1. The van der Waals surface area contributed by atoms with Gasteiger partial charge < -0.3 is 5.11 Å². The first-order valence-electron chi connectivity index (χ1n) is 7.53. The molecule has 116 valence electrons. The molecular formula is C20H18ClNO. The number of pyridine rings is 1. The Kier molecular flexibility index (Phi) is 4.46. The minimum absolute atomic E-state index is 0.289. The number of hydrogen-bond donors (Lipinski definition) is 1. The average molecular weight is 324 g/mol. The second kappa shape index (κ2) is 6.53. The van der Waals surface area contributed by atoms with E-state index >= 15 is 0 Å². The summed E-state index contributed by atoms with van der Waals surface area (Å²) in [6.07, 6.45) is 1.75. The molecule has 0 bridgehead atoms. The largest absolute Gasteiger partial charge is 0.384 e. The summed E-state index contributed by atoms with van der Waals surface area (Å²) >= 11 is 6.02. The van der Waals surface area contributed by atoms with Crippen LogP contribution in [0.1, 0.15) is 29.7 Å². The fourth-order valence-electron chi connectivity index (χ4n) is 2.93. The maximum atomic E-state index is 11.3. The number of rotatable bonds is 4. The van der Waals surface area contributed by atoms with Crippen LogP contribution in [-0.4, -0.2) is 10.1 Å². The molecule has 3 heteroatoms. The van der Waals surface area contributed by atoms with Gasteiger partial charge in [0.2, 0.25) is 0 Å². The minimum atomic E-state index is -1.09. The van der Waals surface area contributed by atoms with Crippen molar-refractivity contribution in [1.29, 1.82) is 0 Å². The molecule has 3 rings (SSSR count). The van der Waals surface area contributed by atoms with E-state index < -0.39 is 5.60 Å². The SMILES string of the molecule is C[C@@](O)(c1ccccc1)[C@H](c1ccc(Cl)cc1)c1ccccn1. The molecule has 1 aromatic heterocycles.